The van der Waals surface area contributed by atoms with Crippen LogP contribution in [0.3, 0.4) is 0 Å². The fourth-order valence-electron chi connectivity index (χ4n) is 3.70. The van der Waals surface area contributed by atoms with Gasteiger partial charge >= 0.3 is 0 Å². The second-order valence-electron chi connectivity index (χ2n) is 5.84. The van der Waals surface area contributed by atoms with E-state index in [1.54, 1.807) is 11.3 Å². The van der Waals surface area contributed by atoms with Crippen molar-refractivity contribution >= 4 is 27.3 Å². The van der Waals surface area contributed by atoms with Crippen LogP contribution >= 0.6 is 27.3 Å². The quantitative estimate of drug-likeness (QED) is 0.896. The molecule has 1 atom stereocenters. The van der Waals surface area contributed by atoms with Gasteiger partial charge in [0.15, 0.2) is 0 Å². The molecule has 5 heteroatoms. The lowest BCUT2D eigenvalue weighted by Gasteiger charge is -2.46. The van der Waals surface area contributed by atoms with E-state index < -0.39 is 0 Å². The Morgan fingerprint density at radius 2 is 2.00 bits per heavy atom. The molecule has 0 aromatic carbocycles. The highest BCUT2D eigenvalue weighted by molar-refractivity contribution is 9.11. The predicted octanol–water partition coefficient (Wildman–Crippen LogP) is 3.06. The molecule has 1 N–H and O–H groups in total. The van der Waals surface area contributed by atoms with Crippen molar-refractivity contribution < 1.29 is 9.84 Å². The van der Waals surface area contributed by atoms with Crippen LogP contribution in [0.25, 0.3) is 0 Å². The van der Waals surface area contributed by atoms with Gasteiger partial charge in [0.1, 0.15) is 0 Å². The number of rotatable bonds is 4. The Morgan fingerprint density at radius 3 is 2.60 bits per heavy atom. The molecule has 3 rings (SSSR count). The first-order valence-electron chi connectivity index (χ1n) is 7.46. The van der Waals surface area contributed by atoms with Crippen molar-refractivity contribution in [2.75, 3.05) is 26.3 Å². The summed E-state index contributed by atoms with van der Waals surface area (Å²) in [5.41, 5.74) is -0.0136. The van der Waals surface area contributed by atoms with Crippen molar-refractivity contribution in [3.8, 4) is 0 Å². The fraction of sp³-hybridized carbons (Fsp3) is 0.733. The van der Waals surface area contributed by atoms with E-state index in [-0.39, 0.29) is 11.6 Å². The first kappa shape index (κ1) is 15.0. The summed E-state index contributed by atoms with van der Waals surface area (Å²) in [7, 11) is 0. The maximum Gasteiger partial charge on any atom is 0.0771 e. The largest absolute Gasteiger partial charge is 0.391 e. The number of hydrogen-bond acceptors (Lipinski definition) is 4. The molecular formula is C15H22BrNO2S. The molecule has 1 aromatic rings. The second-order valence-corrected chi connectivity index (χ2v) is 8.38. The van der Waals surface area contributed by atoms with E-state index in [2.05, 4.69) is 33.0 Å². The number of nitrogens with zero attached hydrogens (tertiary/aromatic N) is 1. The first-order chi connectivity index (χ1) is 9.71. The highest BCUT2D eigenvalue weighted by Gasteiger charge is 2.45. The van der Waals surface area contributed by atoms with Gasteiger partial charge in [-0.3, -0.25) is 4.90 Å². The molecule has 1 saturated carbocycles. The molecule has 1 saturated heterocycles. The zero-order chi connectivity index (χ0) is 14.0. The van der Waals surface area contributed by atoms with Gasteiger partial charge in [-0.1, -0.05) is 12.8 Å². The summed E-state index contributed by atoms with van der Waals surface area (Å²) >= 11 is 5.24. The average Bonchev–Trinajstić information content (AvgIpc) is 3.10. The van der Waals surface area contributed by atoms with Crippen LogP contribution in [-0.4, -0.2) is 48.0 Å². The number of hydrogen-bond donors (Lipinski definition) is 1. The number of aliphatic hydroxyl groups excluding tert-OH is 1. The Morgan fingerprint density at radius 1 is 1.30 bits per heavy atom. The van der Waals surface area contributed by atoms with Gasteiger partial charge in [-0.05, 0) is 40.9 Å². The fourth-order valence-corrected chi connectivity index (χ4v) is 5.22. The standard InChI is InChI=1S/C15H22BrNO2S/c16-14-4-3-12(20-14)11-13(18)15(5-1-2-6-15)17-7-9-19-10-8-17/h3-4,13,18H,1-2,5-11H2. The smallest absolute Gasteiger partial charge is 0.0771 e. The molecule has 2 aliphatic rings. The van der Waals surface area contributed by atoms with Gasteiger partial charge in [0.25, 0.3) is 0 Å². The summed E-state index contributed by atoms with van der Waals surface area (Å²) in [5.74, 6) is 0. The Hall–Kier alpha value is 0.0600. The van der Waals surface area contributed by atoms with E-state index in [9.17, 15) is 5.11 Å². The molecule has 1 aliphatic heterocycles. The molecular weight excluding hydrogens is 338 g/mol. The van der Waals surface area contributed by atoms with E-state index in [0.29, 0.717) is 0 Å². The Bertz CT molecular complexity index is 439. The molecule has 112 valence electrons. The Balaban J connectivity index is 1.75. The third kappa shape index (κ3) is 2.97. The van der Waals surface area contributed by atoms with E-state index in [1.165, 1.54) is 17.7 Å². The number of morpholine rings is 1. The van der Waals surface area contributed by atoms with Crippen molar-refractivity contribution in [3.63, 3.8) is 0 Å². The zero-order valence-electron chi connectivity index (χ0n) is 11.7. The first-order valence-corrected chi connectivity index (χ1v) is 9.07. The normalized spacial score (nSPS) is 24.9. The topological polar surface area (TPSA) is 32.7 Å². The van der Waals surface area contributed by atoms with Crippen molar-refractivity contribution in [1.82, 2.24) is 4.90 Å². The minimum atomic E-state index is -0.270. The molecule has 2 heterocycles. The predicted molar refractivity (Wildman–Crippen MR) is 85.3 cm³/mol. The van der Waals surface area contributed by atoms with Crippen LogP contribution in [0.5, 0.6) is 0 Å². The van der Waals surface area contributed by atoms with Crippen LogP contribution in [0.15, 0.2) is 15.9 Å². The highest BCUT2D eigenvalue weighted by Crippen LogP contribution is 2.40. The molecule has 1 aliphatic carbocycles. The van der Waals surface area contributed by atoms with Gasteiger partial charge < -0.3 is 9.84 Å². The summed E-state index contributed by atoms with van der Waals surface area (Å²) in [6.45, 7) is 3.54. The van der Waals surface area contributed by atoms with Crippen molar-refractivity contribution in [3.05, 3.63) is 20.8 Å². The molecule has 0 bridgehead atoms. The molecule has 1 aromatic heterocycles. The molecule has 2 fully saturated rings. The summed E-state index contributed by atoms with van der Waals surface area (Å²) in [4.78, 5) is 3.76. The summed E-state index contributed by atoms with van der Waals surface area (Å²) in [5, 5.41) is 10.9. The summed E-state index contributed by atoms with van der Waals surface area (Å²) in [6.07, 6.45) is 5.23. The molecule has 0 spiro atoms. The molecule has 3 nitrogen and oxygen atoms in total. The molecule has 20 heavy (non-hydrogen) atoms. The minimum absolute atomic E-state index is 0.0136. The second kappa shape index (κ2) is 6.44. The maximum atomic E-state index is 10.9. The number of thiophene rings is 1. The van der Waals surface area contributed by atoms with Crippen molar-refractivity contribution in [1.29, 1.82) is 0 Å². The van der Waals surface area contributed by atoms with Gasteiger partial charge in [0, 0.05) is 29.9 Å². The number of halogens is 1. The van der Waals surface area contributed by atoms with Gasteiger partial charge in [0.05, 0.1) is 23.1 Å². The van der Waals surface area contributed by atoms with Crippen LogP contribution in [0, 0.1) is 0 Å². The van der Waals surface area contributed by atoms with Gasteiger partial charge in [-0.2, -0.15) is 0 Å². The summed E-state index contributed by atoms with van der Waals surface area (Å²) in [6, 6.07) is 4.20. The monoisotopic (exact) mass is 359 g/mol. The van der Waals surface area contributed by atoms with E-state index in [0.717, 1.165) is 49.4 Å². The third-order valence-corrected chi connectivity index (χ3v) is 6.40. The van der Waals surface area contributed by atoms with Crippen LogP contribution < -0.4 is 0 Å². The molecule has 0 amide bonds. The van der Waals surface area contributed by atoms with Gasteiger partial charge in [-0.25, -0.2) is 0 Å². The molecule has 0 radical (unpaired) electrons. The number of aliphatic hydroxyl groups is 1. The maximum absolute atomic E-state index is 10.9. The van der Waals surface area contributed by atoms with Crippen LogP contribution in [0.4, 0.5) is 0 Å². The van der Waals surface area contributed by atoms with E-state index >= 15 is 0 Å². The molecule has 1 unspecified atom stereocenters. The summed E-state index contributed by atoms with van der Waals surface area (Å²) < 4.78 is 6.62. The highest BCUT2D eigenvalue weighted by atomic mass is 79.9. The average molecular weight is 360 g/mol. The third-order valence-electron chi connectivity index (χ3n) is 4.75. The number of ether oxygens (including phenoxy) is 1. The van der Waals surface area contributed by atoms with Crippen LogP contribution in [0.1, 0.15) is 30.6 Å². The zero-order valence-corrected chi connectivity index (χ0v) is 14.1. The van der Waals surface area contributed by atoms with Crippen molar-refractivity contribution in [2.24, 2.45) is 0 Å². The van der Waals surface area contributed by atoms with Crippen LogP contribution in [0.2, 0.25) is 0 Å². The van der Waals surface area contributed by atoms with E-state index in [4.69, 9.17) is 4.74 Å². The minimum Gasteiger partial charge on any atom is -0.391 e. The lowest BCUT2D eigenvalue weighted by Crippen LogP contribution is -2.58. The lowest BCUT2D eigenvalue weighted by atomic mass is 9.85. The Labute approximate surface area is 133 Å². The lowest BCUT2D eigenvalue weighted by molar-refractivity contribution is -0.0751. The SMILES string of the molecule is OC(Cc1ccc(Br)s1)C1(N2CCOCC2)CCCC1. The Kier molecular flexibility index (Phi) is 4.82. The van der Waals surface area contributed by atoms with E-state index in [1.807, 2.05) is 0 Å². The van der Waals surface area contributed by atoms with Crippen molar-refractivity contribution in [2.45, 2.75) is 43.7 Å². The van der Waals surface area contributed by atoms with Gasteiger partial charge in [0.2, 0.25) is 0 Å². The van der Waals surface area contributed by atoms with Gasteiger partial charge in [-0.15, -0.1) is 11.3 Å². The van der Waals surface area contributed by atoms with Crippen LogP contribution in [-0.2, 0) is 11.2 Å².